The van der Waals surface area contributed by atoms with E-state index in [0.29, 0.717) is 11.0 Å². The summed E-state index contributed by atoms with van der Waals surface area (Å²) in [4.78, 5) is 13.3. The van der Waals surface area contributed by atoms with Gasteiger partial charge in [0, 0.05) is 11.0 Å². The van der Waals surface area contributed by atoms with Crippen LogP contribution in [0.1, 0.15) is 17.3 Å². The van der Waals surface area contributed by atoms with Crippen LogP contribution in [0.5, 0.6) is 0 Å². The SMILES string of the molecule is CCN(CC#N)C(=O)c1cc(F)ccc1Br. The molecule has 0 saturated carbocycles. The Balaban J connectivity index is 3.03. The van der Waals surface area contributed by atoms with E-state index < -0.39 is 5.82 Å². The molecule has 1 aromatic rings. The summed E-state index contributed by atoms with van der Waals surface area (Å²) in [7, 11) is 0. The van der Waals surface area contributed by atoms with Crippen molar-refractivity contribution < 1.29 is 9.18 Å². The monoisotopic (exact) mass is 284 g/mol. The lowest BCUT2D eigenvalue weighted by Gasteiger charge is -2.17. The maximum absolute atomic E-state index is 13.0. The van der Waals surface area contributed by atoms with Crippen LogP contribution in [0.4, 0.5) is 4.39 Å². The smallest absolute Gasteiger partial charge is 0.255 e. The molecule has 0 aromatic heterocycles. The molecule has 0 radical (unpaired) electrons. The van der Waals surface area contributed by atoms with Crippen LogP contribution in [0, 0.1) is 17.1 Å². The van der Waals surface area contributed by atoms with Gasteiger partial charge >= 0.3 is 0 Å². The van der Waals surface area contributed by atoms with Crippen molar-refractivity contribution in [3.8, 4) is 6.07 Å². The van der Waals surface area contributed by atoms with Crippen molar-refractivity contribution in [1.82, 2.24) is 4.90 Å². The second kappa shape index (κ2) is 5.61. The maximum Gasteiger partial charge on any atom is 0.255 e. The van der Waals surface area contributed by atoms with Crippen LogP contribution in [0.3, 0.4) is 0 Å². The van der Waals surface area contributed by atoms with E-state index in [4.69, 9.17) is 5.26 Å². The van der Waals surface area contributed by atoms with E-state index in [1.54, 1.807) is 6.92 Å². The molecule has 84 valence electrons. The highest BCUT2D eigenvalue weighted by molar-refractivity contribution is 9.10. The van der Waals surface area contributed by atoms with Crippen molar-refractivity contribution in [1.29, 1.82) is 5.26 Å². The van der Waals surface area contributed by atoms with Gasteiger partial charge in [-0.15, -0.1) is 0 Å². The minimum atomic E-state index is -0.473. The van der Waals surface area contributed by atoms with Gasteiger partial charge in [-0.3, -0.25) is 4.79 Å². The Morgan fingerprint density at radius 3 is 2.88 bits per heavy atom. The van der Waals surface area contributed by atoms with Gasteiger partial charge in [-0.1, -0.05) is 0 Å². The molecule has 0 saturated heterocycles. The lowest BCUT2D eigenvalue weighted by Crippen LogP contribution is -2.31. The zero-order chi connectivity index (χ0) is 12.1. The predicted octanol–water partition coefficient (Wildman–Crippen LogP) is 2.57. The number of rotatable bonds is 3. The van der Waals surface area contributed by atoms with Crippen molar-refractivity contribution in [2.75, 3.05) is 13.1 Å². The van der Waals surface area contributed by atoms with Gasteiger partial charge in [0.2, 0.25) is 0 Å². The van der Waals surface area contributed by atoms with Crippen molar-refractivity contribution in [2.24, 2.45) is 0 Å². The summed E-state index contributed by atoms with van der Waals surface area (Å²) in [6.07, 6.45) is 0. The Bertz CT molecular complexity index is 442. The van der Waals surface area contributed by atoms with Crippen molar-refractivity contribution in [2.45, 2.75) is 6.92 Å². The van der Waals surface area contributed by atoms with E-state index in [-0.39, 0.29) is 18.0 Å². The summed E-state index contributed by atoms with van der Waals surface area (Å²) >= 11 is 3.18. The van der Waals surface area contributed by atoms with Crippen LogP contribution in [-0.2, 0) is 0 Å². The summed E-state index contributed by atoms with van der Waals surface area (Å²) in [5.74, 6) is -0.824. The highest BCUT2D eigenvalue weighted by Gasteiger charge is 2.17. The molecule has 1 aromatic carbocycles. The Morgan fingerprint density at radius 2 is 2.31 bits per heavy atom. The summed E-state index contributed by atoms with van der Waals surface area (Å²) in [5, 5.41) is 8.56. The molecule has 3 nitrogen and oxygen atoms in total. The molecule has 0 N–H and O–H groups in total. The van der Waals surface area contributed by atoms with Gasteiger partial charge in [0.05, 0.1) is 11.6 Å². The maximum atomic E-state index is 13.0. The van der Waals surface area contributed by atoms with E-state index in [0.717, 1.165) is 6.07 Å². The second-order valence-electron chi connectivity index (χ2n) is 3.10. The zero-order valence-electron chi connectivity index (χ0n) is 8.70. The lowest BCUT2D eigenvalue weighted by molar-refractivity contribution is 0.0783. The zero-order valence-corrected chi connectivity index (χ0v) is 10.3. The molecule has 0 unspecified atom stereocenters. The molecule has 16 heavy (non-hydrogen) atoms. The average Bonchev–Trinajstić information content (AvgIpc) is 2.28. The van der Waals surface area contributed by atoms with Crippen LogP contribution < -0.4 is 0 Å². The second-order valence-corrected chi connectivity index (χ2v) is 3.96. The molecule has 0 spiro atoms. The normalized spacial score (nSPS) is 9.62. The van der Waals surface area contributed by atoms with Gasteiger partial charge in [0.25, 0.3) is 5.91 Å². The van der Waals surface area contributed by atoms with Gasteiger partial charge in [0.15, 0.2) is 0 Å². The highest BCUT2D eigenvalue weighted by atomic mass is 79.9. The molecule has 1 rings (SSSR count). The summed E-state index contributed by atoms with van der Waals surface area (Å²) < 4.78 is 13.5. The molecule has 0 aliphatic carbocycles. The van der Waals surface area contributed by atoms with Gasteiger partial charge in [0.1, 0.15) is 12.4 Å². The first-order valence-corrected chi connectivity index (χ1v) is 5.50. The largest absolute Gasteiger partial charge is 0.326 e. The van der Waals surface area contributed by atoms with Crippen LogP contribution in [0.2, 0.25) is 0 Å². The Kier molecular flexibility index (Phi) is 4.44. The minimum absolute atomic E-state index is 0.00170. The fraction of sp³-hybridized carbons (Fsp3) is 0.273. The third-order valence-corrected chi connectivity index (χ3v) is 2.78. The number of carbonyl (C=O) groups excluding carboxylic acids is 1. The first-order valence-electron chi connectivity index (χ1n) is 4.71. The summed E-state index contributed by atoms with van der Waals surface area (Å²) in [6, 6.07) is 5.80. The summed E-state index contributed by atoms with van der Waals surface area (Å²) in [5.41, 5.74) is 0.233. The number of carbonyl (C=O) groups is 1. The molecule has 0 aliphatic rings. The van der Waals surface area contributed by atoms with Crippen LogP contribution in [0.25, 0.3) is 0 Å². The number of amides is 1. The third-order valence-electron chi connectivity index (χ3n) is 2.09. The molecule has 0 bridgehead atoms. The lowest BCUT2D eigenvalue weighted by atomic mass is 10.2. The van der Waals surface area contributed by atoms with Crippen LogP contribution >= 0.6 is 15.9 Å². The number of hydrogen-bond acceptors (Lipinski definition) is 2. The quantitative estimate of drug-likeness (QED) is 0.801. The van der Waals surface area contributed by atoms with E-state index >= 15 is 0 Å². The minimum Gasteiger partial charge on any atom is -0.326 e. The molecule has 5 heteroatoms. The fourth-order valence-electron chi connectivity index (χ4n) is 1.24. The van der Waals surface area contributed by atoms with E-state index in [2.05, 4.69) is 15.9 Å². The van der Waals surface area contributed by atoms with Crippen LogP contribution in [-0.4, -0.2) is 23.9 Å². The molecular weight excluding hydrogens is 275 g/mol. The number of nitrogens with zero attached hydrogens (tertiary/aromatic N) is 2. The predicted molar refractivity (Wildman–Crippen MR) is 61.3 cm³/mol. The molecule has 0 atom stereocenters. The molecule has 0 fully saturated rings. The molecular formula is C11H10BrFN2O. The number of hydrogen-bond donors (Lipinski definition) is 0. The van der Waals surface area contributed by atoms with E-state index in [1.165, 1.54) is 17.0 Å². The van der Waals surface area contributed by atoms with Gasteiger partial charge in [-0.2, -0.15) is 5.26 Å². The number of halogens is 2. The first kappa shape index (κ1) is 12.7. The highest BCUT2D eigenvalue weighted by Crippen LogP contribution is 2.19. The van der Waals surface area contributed by atoms with E-state index in [1.807, 2.05) is 6.07 Å². The molecule has 0 aliphatic heterocycles. The van der Waals surface area contributed by atoms with Crippen molar-refractivity contribution >= 4 is 21.8 Å². The Morgan fingerprint density at radius 1 is 1.62 bits per heavy atom. The topological polar surface area (TPSA) is 44.1 Å². The molecule has 0 heterocycles. The van der Waals surface area contributed by atoms with E-state index in [9.17, 15) is 9.18 Å². The van der Waals surface area contributed by atoms with Crippen LogP contribution in [0.15, 0.2) is 22.7 Å². The number of nitriles is 1. The Hall–Kier alpha value is -1.41. The standard InChI is InChI=1S/C11H10BrFN2O/c1-2-15(6-5-14)11(16)9-7-8(13)3-4-10(9)12/h3-4,7H,2,6H2,1H3. The van der Waals surface area contributed by atoms with Crippen molar-refractivity contribution in [3.05, 3.63) is 34.1 Å². The third kappa shape index (κ3) is 2.80. The summed E-state index contributed by atoms with van der Waals surface area (Å²) in [6.45, 7) is 2.18. The van der Waals surface area contributed by atoms with Gasteiger partial charge in [-0.25, -0.2) is 4.39 Å². The average molecular weight is 285 g/mol. The fourth-order valence-corrected chi connectivity index (χ4v) is 1.66. The van der Waals surface area contributed by atoms with Gasteiger partial charge in [-0.05, 0) is 41.1 Å². The van der Waals surface area contributed by atoms with Gasteiger partial charge < -0.3 is 4.90 Å². The Labute approximate surface area is 102 Å². The molecule has 1 amide bonds. The van der Waals surface area contributed by atoms with Crippen molar-refractivity contribution in [3.63, 3.8) is 0 Å². The number of benzene rings is 1. The first-order chi connectivity index (χ1) is 7.60.